The van der Waals surface area contributed by atoms with Crippen molar-refractivity contribution in [2.45, 2.75) is 46.0 Å². The topological polar surface area (TPSA) is 46.2 Å². The van der Waals surface area contributed by atoms with Gasteiger partial charge < -0.3 is 10.8 Å². The molecule has 0 amide bonds. The molecule has 90 valence electrons. The van der Waals surface area contributed by atoms with Crippen molar-refractivity contribution in [3.63, 3.8) is 0 Å². The molecule has 0 aromatic heterocycles. The van der Waals surface area contributed by atoms with Gasteiger partial charge in [-0.3, -0.25) is 0 Å². The van der Waals surface area contributed by atoms with Gasteiger partial charge in [0.15, 0.2) is 0 Å². The first-order valence-corrected chi connectivity index (χ1v) is 5.90. The van der Waals surface area contributed by atoms with Crippen LogP contribution in [-0.2, 0) is 11.8 Å². The summed E-state index contributed by atoms with van der Waals surface area (Å²) in [7, 11) is 0. The van der Waals surface area contributed by atoms with Gasteiger partial charge in [0.05, 0.1) is 0 Å². The van der Waals surface area contributed by atoms with Gasteiger partial charge >= 0.3 is 0 Å². The van der Waals surface area contributed by atoms with E-state index in [1.54, 1.807) is 0 Å². The largest absolute Gasteiger partial charge is 0.507 e. The summed E-state index contributed by atoms with van der Waals surface area (Å²) in [5.41, 5.74) is 8.72. The third-order valence-electron chi connectivity index (χ3n) is 2.96. The van der Waals surface area contributed by atoms with Crippen LogP contribution in [0.1, 0.15) is 43.9 Å². The zero-order chi connectivity index (χ0) is 12.3. The first kappa shape index (κ1) is 13.0. The monoisotopic (exact) mass is 221 g/mol. The summed E-state index contributed by atoms with van der Waals surface area (Å²) in [5, 5.41) is 10.3. The molecule has 0 radical (unpaired) electrons. The molecule has 0 aliphatic heterocycles. The SMILES string of the molecule is Cc1ccc(C(C)(C)C)c(O)c1CCCN. The molecule has 2 heteroatoms. The molecule has 1 aromatic carbocycles. The number of hydrogen-bond donors (Lipinski definition) is 2. The van der Waals surface area contributed by atoms with Crippen LogP contribution in [0.2, 0.25) is 0 Å². The smallest absolute Gasteiger partial charge is 0.122 e. The molecule has 0 saturated carbocycles. The van der Waals surface area contributed by atoms with E-state index >= 15 is 0 Å². The highest BCUT2D eigenvalue weighted by molar-refractivity contribution is 5.48. The van der Waals surface area contributed by atoms with E-state index in [0.29, 0.717) is 12.3 Å². The molecule has 0 unspecified atom stereocenters. The molecular weight excluding hydrogens is 198 g/mol. The number of rotatable bonds is 3. The normalized spacial score (nSPS) is 11.8. The minimum absolute atomic E-state index is 0.0186. The van der Waals surface area contributed by atoms with Crippen molar-refractivity contribution in [3.05, 3.63) is 28.8 Å². The average Bonchev–Trinajstić information content (AvgIpc) is 2.15. The first-order chi connectivity index (χ1) is 7.38. The Kier molecular flexibility index (Phi) is 3.98. The Bertz CT molecular complexity index is 364. The lowest BCUT2D eigenvalue weighted by Gasteiger charge is -2.23. The molecule has 1 rings (SSSR count). The first-order valence-electron chi connectivity index (χ1n) is 5.90. The van der Waals surface area contributed by atoms with Gasteiger partial charge in [-0.1, -0.05) is 32.9 Å². The zero-order valence-corrected chi connectivity index (χ0v) is 10.8. The lowest BCUT2D eigenvalue weighted by Crippen LogP contribution is -2.13. The van der Waals surface area contributed by atoms with Gasteiger partial charge in [-0.05, 0) is 48.4 Å². The quantitative estimate of drug-likeness (QED) is 0.824. The Morgan fingerprint density at radius 3 is 2.38 bits per heavy atom. The van der Waals surface area contributed by atoms with Gasteiger partial charge in [-0.25, -0.2) is 0 Å². The van der Waals surface area contributed by atoms with Crippen molar-refractivity contribution in [3.8, 4) is 5.75 Å². The number of phenolic OH excluding ortho intramolecular Hbond substituents is 1. The molecule has 0 spiro atoms. The predicted molar refractivity (Wildman–Crippen MR) is 68.9 cm³/mol. The molecule has 0 atom stereocenters. The Morgan fingerprint density at radius 2 is 1.88 bits per heavy atom. The van der Waals surface area contributed by atoms with Crippen LogP contribution in [0.25, 0.3) is 0 Å². The number of phenols is 1. The average molecular weight is 221 g/mol. The Balaban J connectivity index is 3.16. The van der Waals surface area contributed by atoms with E-state index in [9.17, 15) is 5.11 Å². The number of nitrogens with two attached hydrogens (primary N) is 1. The fourth-order valence-corrected chi connectivity index (χ4v) is 1.94. The Hall–Kier alpha value is -1.02. The molecule has 0 aliphatic rings. The second kappa shape index (κ2) is 4.88. The van der Waals surface area contributed by atoms with E-state index in [-0.39, 0.29) is 5.41 Å². The molecule has 0 fully saturated rings. The van der Waals surface area contributed by atoms with Crippen LogP contribution < -0.4 is 5.73 Å². The van der Waals surface area contributed by atoms with Crippen LogP contribution >= 0.6 is 0 Å². The van der Waals surface area contributed by atoms with E-state index in [4.69, 9.17) is 5.73 Å². The van der Waals surface area contributed by atoms with Gasteiger partial charge in [-0.2, -0.15) is 0 Å². The van der Waals surface area contributed by atoms with Crippen LogP contribution in [0.4, 0.5) is 0 Å². The van der Waals surface area contributed by atoms with Crippen molar-refractivity contribution < 1.29 is 5.11 Å². The minimum atomic E-state index is -0.0186. The van der Waals surface area contributed by atoms with Gasteiger partial charge in [0, 0.05) is 0 Å². The van der Waals surface area contributed by atoms with Crippen molar-refractivity contribution in [2.24, 2.45) is 5.73 Å². The number of aryl methyl sites for hydroxylation is 1. The molecule has 2 nitrogen and oxygen atoms in total. The molecule has 0 saturated heterocycles. The minimum Gasteiger partial charge on any atom is -0.507 e. The number of aromatic hydroxyl groups is 1. The fourth-order valence-electron chi connectivity index (χ4n) is 1.94. The van der Waals surface area contributed by atoms with Crippen molar-refractivity contribution in [2.75, 3.05) is 6.54 Å². The molecule has 1 aromatic rings. The summed E-state index contributed by atoms with van der Waals surface area (Å²) in [6, 6.07) is 4.11. The van der Waals surface area contributed by atoms with Crippen molar-refractivity contribution in [1.82, 2.24) is 0 Å². The van der Waals surface area contributed by atoms with Gasteiger partial charge in [0.1, 0.15) is 5.75 Å². The summed E-state index contributed by atoms with van der Waals surface area (Å²) in [6.45, 7) is 9.05. The fraction of sp³-hybridized carbons (Fsp3) is 0.571. The van der Waals surface area contributed by atoms with Crippen LogP contribution in [0.3, 0.4) is 0 Å². The zero-order valence-electron chi connectivity index (χ0n) is 10.8. The van der Waals surface area contributed by atoms with Crippen molar-refractivity contribution in [1.29, 1.82) is 0 Å². The highest BCUT2D eigenvalue weighted by atomic mass is 16.3. The second-order valence-electron chi connectivity index (χ2n) is 5.40. The van der Waals surface area contributed by atoms with Crippen LogP contribution in [-0.4, -0.2) is 11.7 Å². The predicted octanol–water partition coefficient (Wildman–Crippen LogP) is 2.89. The van der Waals surface area contributed by atoms with Gasteiger partial charge in [0.25, 0.3) is 0 Å². The lowest BCUT2D eigenvalue weighted by atomic mass is 9.83. The molecule has 0 bridgehead atoms. The highest BCUT2D eigenvalue weighted by Gasteiger charge is 2.20. The summed E-state index contributed by atoms with van der Waals surface area (Å²) >= 11 is 0. The second-order valence-corrected chi connectivity index (χ2v) is 5.40. The van der Waals surface area contributed by atoms with E-state index in [0.717, 1.165) is 29.5 Å². The summed E-state index contributed by atoms with van der Waals surface area (Å²) < 4.78 is 0. The molecular formula is C14H23NO. The maximum atomic E-state index is 10.3. The van der Waals surface area contributed by atoms with E-state index in [1.165, 1.54) is 0 Å². The van der Waals surface area contributed by atoms with Crippen molar-refractivity contribution >= 4 is 0 Å². The summed E-state index contributed by atoms with van der Waals surface area (Å²) in [6.07, 6.45) is 1.78. The van der Waals surface area contributed by atoms with Crippen LogP contribution in [0.15, 0.2) is 12.1 Å². The standard InChI is InChI=1S/C14H23NO/c1-10-7-8-12(14(2,3)4)13(16)11(10)6-5-9-15/h7-8,16H,5-6,9,15H2,1-4H3. The molecule has 0 aliphatic carbocycles. The molecule has 16 heavy (non-hydrogen) atoms. The maximum Gasteiger partial charge on any atom is 0.122 e. The van der Waals surface area contributed by atoms with E-state index in [2.05, 4.69) is 26.8 Å². The van der Waals surface area contributed by atoms with Crippen LogP contribution in [0, 0.1) is 6.92 Å². The molecule has 0 heterocycles. The van der Waals surface area contributed by atoms with E-state index < -0.39 is 0 Å². The number of hydrogen-bond acceptors (Lipinski definition) is 2. The van der Waals surface area contributed by atoms with Gasteiger partial charge in [-0.15, -0.1) is 0 Å². The van der Waals surface area contributed by atoms with Gasteiger partial charge in [0.2, 0.25) is 0 Å². The highest BCUT2D eigenvalue weighted by Crippen LogP contribution is 2.35. The maximum absolute atomic E-state index is 10.3. The Morgan fingerprint density at radius 1 is 1.25 bits per heavy atom. The summed E-state index contributed by atoms with van der Waals surface area (Å²) in [4.78, 5) is 0. The van der Waals surface area contributed by atoms with E-state index in [1.807, 2.05) is 13.0 Å². The Labute approximate surface area is 98.5 Å². The molecule has 3 N–H and O–H groups in total. The van der Waals surface area contributed by atoms with Crippen LogP contribution in [0.5, 0.6) is 5.75 Å². The third kappa shape index (κ3) is 2.76. The third-order valence-corrected chi connectivity index (χ3v) is 2.96. The lowest BCUT2D eigenvalue weighted by molar-refractivity contribution is 0.439. The number of benzene rings is 1. The summed E-state index contributed by atoms with van der Waals surface area (Å²) in [5.74, 6) is 0.459.